The molecule has 0 rings (SSSR count). The number of halogens is 3. The molecular weight excluding hydrogens is 1220 g/mol. The van der Waals surface area contributed by atoms with E-state index in [1.807, 2.05) is 0 Å². The summed E-state index contributed by atoms with van der Waals surface area (Å²) in [6.45, 7) is 11.4. The van der Waals surface area contributed by atoms with Gasteiger partial charge >= 0.3 is 25.7 Å². The largest absolute Gasteiger partial charge is 0.475 e. The Labute approximate surface area is 519 Å². The number of esters is 3. The van der Waals surface area contributed by atoms with Gasteiger partial charge in [-0.05, 0) is 19.3 Å². The van der Waals surface area contributed by atoms with E-state index in [-0.39, 0.29) is 55.5 Å². The van der Waals surface area contributed by atoms with Crippen LogP contribution in [0.15, 0.2) is 0 Å². The number of carbonyl (C=O) groups is 3. The van der Waals surface area contributed by atoms with Crippen molar-refractivity contribution in [1.82, 2.24) is 0 Å². The van der Waals surface area contributed by atoms with Gasteiger partial charge in [-0.25, -0.2) is 4.57 Å². The molecule has 80 heavy (non-hydrogen) atoms. The van der Waals surface area contributed by atoms with Crippen LogP contribution in [-0.2, 0) is 46.7 Å². The second-order valence-corrected chi connectivity index (χ2v) is 27.2. The van der Waals surface area contributed by atoms with Gasteiger partial charge in [0.1, 0.15) is 0 Å². The average molecular weight is 1350 g/mol. The zero-order valence-corrected chi connectivity index (χ0v) is 58.3. The molecule has 0 spiro atoms. The Kier molecular flexibility index (Phi) is 59.3. The van der Waals surface area contributed by atoms with Crippen LogP contribution in [-0.4, -0.2) is 72.0 Å². The van der Waals surface area contributed by atoms with Gasteiger partial charge in [0.05, 0.1) is 38.1 Å². The van der Waals surface area contributed by atoms with Crippen molar-refractivity contribution in [2.75, 3.05) is 35.8 Å². The fourth-order valence-electron chi connectivity index (χ4n) is 10.9. The Morgan fingerprint density at radius 1 is 0.300 bits per heavy atom. The lowest BCUT2D eigenvalue weighted by atomic mass is 9.96. The van der Waals surface area contributed by atoms with Gasteiger partial charge in [0.25, 0.3) is 0 Å². The van der Waals surface area contributed by atoms with E-state index < -0.39 is 26.1 Å². The van der Waals surface area contributed by atoms with Gasteiger partial charge in [0.15, 0.2) is 0 Å². The summed E-state index contributed by atoms with van der Waals surface area (Å²) in [5.74, 6) is -2.02. The summed E-state index contributed by atoms with van der Waals surface area (Å²) >= 11 is 11.1. The van der Waals surface area contributed by atoms with Crippen molar-refractivity contribution in [3.8, 4) is 0 Å². The number of hydrogen-bond donors (Lipinski definition) is 0. The predicted octanol–water partition coefficient (Wildman–Crippen LogP) is 22.6. The lowest BCUT2D eigenvalue weighted by Crippen LogP contribution is -2.36. The molecule has 0 heterocycles. The molecule has 0 aromatic heterocycles. The highest BCUT2D eigenvalue weighted by Gasteiger charge is 2.42. The smallest absolute Gasteiger partial charge is 0.465 e. The number of hydrogen-bond acceptors (Lipinski definition) is 10. The van der Waals surface area contributed by atoms with E-state index in [4.69, 9.17) is 27.8 Å². The van der Waals surface area contributed by atoms with Crippen molar-refractivity contribution < 1.29 is 46.7 Å². The highest BCUT2D eigenvalue weighted by atomic mass is 79.9. The SMILES string of the molecule is CCCCCCCCCCCCCCCCC(COC(C)=O)C(CBr)OP(=O)(OC(CBr)C(CCCCCCCCCCCCCCCC)COC(C)=O)OC(CBr)C(CCCCCCCCCCCCCCCC)COC(C)=O. The van der Waals surface area contributed by atoms with Crippen LogP contribution in [0.4, 0.5) is 0 Å². The first-order valence-corrected chi connectivity index (χ1v) is 38.5. The van der Waals surface area contributed by atoms with E-state index in [0.717, 1.165) is 57.8 Å². The second-order valence-electron chi connectivity index (χ2n) is 23.7. The van der Waals surface area contributed by atoms with Crippen LogP contribution in [0.1, 0.15) is 330 Å². The lowest BCUT2D eigenvalue weighted by Gasteiger charge is -2.35. The molecule has 0 bridgehead atoms. The first-order chi connectivity index (χ1) is 38.9. The number of phosphoric ester groups is 1. The van der Waals surface area contributed by atoms with E-state index in [0.29, 0.717) is 35.3 Å². The van der Waals surface area contributed by atoms with Gasteiger partial charge < -0.3 is 14.2 Å². The van der Waals surface area contributed by atoms with Crippen molar-refractivity contribution in [3.63, 3.8) is 0 Å². The summed E-state index contributed by atoms with van der Waals surface area (Å²) in [4.78, 5) is 36.9. The van der Waals surface area contributed by atoms with E-state index in [1.54, 1.807) is 0 Å². The number of alkyl halides is 3. The zero-order valence-electron chi connectivity index (χ0n) is 52.7. The Hall–Kier alpha value is -0.0400. The molecule has 10 nitrogen and oxygen atoms in total. The molecule has 0 saturated heterocycles. The van der Waals surface area contributed by atoms with Crippen molar-refractivity contribution in [2.45, 2.75) is 349 Å². The maximum Gasteiger partial charge on any atom is 0.475 e. The molecule has 0 saturated carbocycles. The van der Waals surface area contributed by atoms with Crippen molar-refractivity contribution >= 4 is 73.5 Å². The summed E-state index contributed by atoms with van der Waals surface area (Å²) in [6, 6.07) is 0. The zero-order chi connectivity index (χ0) is 59.0. The minimum absolute atomic E-state index is 0.107. The number of rotatable bonds is 63. The third-order valence-corrected chi connectivity index (χ3v) is 19.6. The van der Waals surface area contributed by atoms with Gasteiger partial charge in [0, 0.05) is 54.5 Å². The normalized spacial score (nSPS) is 14.8. The average Bonchev–Trinajstić information content (AvgIpc) is 3.43. The fourth-order valence-corrected chi connectivity index (χ4v) is 15.4. The molecular formula is C66H126Br3O10P. The summed E-state index contributed by atoms with van der Waals surface area (Å²) in [6.07, 6.45) is 52.7. The molecule has 0 aromatic rings. The topological polar surface area (TPSA) is 124 Å². The van der Waals surface area contributed by atoms with E-state index >= 15 is 4.57 Å². The van der Waals surface area contributed by atoms with Gasteiger partial charge in [-0.1, -0.05) is 338 Å². The molecule has 6 atom stereocenters. The molecule has 0 amide bonds. The van der Waals surface area contributed by atoms with Crippen LogP contribution in [0.5, 0.6) is 0 Å². The van der Waals surface area contributed by atoms with Crippen LogP contribution in [0.2, 0.25) is 0 Å². The highest BCUT2D eigenvalue weighted by molar-refractivity contribution is 9.09. The monoisotopic (exact) mass is 1350 g/mol. The van der Waals surface area contributed by atoms with E-state index in [1.165, 1.54) is 233 Å². The van der Waals surface area contributed by atoms with Crippen molar-refractivity contribution in [3.05, 3.63) is 0 Å². The maximum atomic E-state index is 15.8. The van der Waals surface area contributed by atoms with Crippen molar-refractivity contribution in [1.29, 1.82) is 0 Å². The van der Waals surface area contributed by atoms with Gasteiger partial charge in [-0.3, -0.25) is 28.0 Å². The molecule has 0 aromatic carbocycles. The fraction of sp³-hybridized carbons (Fsp3) is 0.955. The van der Waals surface area contributed by atoms with Crippen molar-refractivity contribution in [2.24, 2.45) is 17.8 Å². The lowest BCUT2D eigenvalue weighted by molar-refractivity contribution is -0.144. The third kappa shape index (κ3) is 50.1. The molecule has 476 valence electrons. The molecule has 0 radical (unpaired) electrons. The Balaban J connectivity index is 6.23. The number of unbranched alkanes of at least 4 members (excludes halogenated alkanes) is 39. The Morgan fingerprint density at radius 3 is 0.613 bits per heavy atom. The van der Waals surface area contributed by atoms with Crippen LogP contribution >= 0.6 is 55.6 Å². The van der Waals surface area contributed by atoms with Crippen LogP contribution in [0, 0.1) is 17.8 Å². The van der Waals surface area contributed by atoms with Gasteiger partial charge in [0.2, 0.25) is 0 Å². The van der Waals surface area contributed by atoms with Gasteiger partial charge in [-0.2, -0.15) is 0 Å². The van der Waals surface area contributed by atoms with Crippen LogP contribution < -0.4 is 0 Å². The summed E-state index contributed by atoms with van der Waals surface area (Å²) < 4.78 is 53.0. The molecule has 0 N–H and O–H groups in total. The van der Waals surface area contributed by atoms with Crippen LogP contribution in [0.3, 0.4) is 0 Å². The molecule has 14 heteroatoms. The van der Waals surface area contributed by atoms with E-state index in [2.05, 4.69) is 68.6 Å². The first-order valence-electron chi connectivity index (χ1n) is 33.6. The summed E-state index contributed by atoms with van der Waals surface area (Å²) in [7, 11) is -4.47. The summed E-state index contributed by atoms with van der Waals surface area (Å²) in [5.41, 5.74) is 0. The molecule has 0 aliphatic carbocycles. The number of ether oxygens (including phenoxy) is 3. The predicted molar refractivity (Wildman–Crippen MR) is 349 cm³/mol. The standard InChI is InChI=1S/C66H126Br3O10P/c1-7-10-13-16-19-22-25-28-31-34-37-40-43-46-49-61(55-74-58(4)70)64(52-67)77-80(73,78-65(53-68)62(56-75-59(5)71)50-47-44-41-38-35-32-29-26-23-20-17-14-11-8-2)79-66(54-69)63(57-76-60(6)72)51-48-45-42-39-36-33-30-27-24-21-18-15-12-9-3/h61-66H,7-57H2,1-6H3. The maximum absolute atomic E-state index is 15.8. The molecule has 6 unspecified atom stereocenters. The van der Waals surface area contributed by atoms with E-state index in [9.17, 15) is 14.4 Å². The highest BCUT2D eigenvalue weighted by Crippen LogP contribution is 2.56. The summed E-state index contributed by atoms with van der Waals surface area (Å²) in [5, 5.41) is 0.911. The molecule has 0 aliphatic heterocycles. The quantitative estimate of drug-likeness (QED) is 0.0191. The Morgan fingerprint density at radius 2 is 0.463 bits per heavy atom. The molecule has 0 fully saturated rings. The third-order valence-electron chi connectivity index (χ3n) is 16.1. The first kappa shape index (κ1) is 80.0. The molecule has 0 aliphatic rings. The number of carbonyl (C=O) groups excluding carboxylic acids is 3. The number of phosphoric acid groups is 1. The Bertz CT molecular complexity index is 1270. The van der Waals surface area contributed by atoms with Crippen LogP contribution in [0.25, 0.3) is 0 Å². The minimum atomic E-state index is -4.47. The minimum Gasteiger partial charge on any atom is -0.465 e. The van der Waals surface area contributed by atoms with Gasteiger partial charge in [-0.15, -0.1) is 0 Å². The second kappa shape index (κ2) is 59.3.